The lowest BCUT2D eigenvalue weighted by atomic mass is 9.94. The number of hydrogen-bond acceptors (Lipinski definition) is 9. The molecule has 4 rings (SSSR count). The van der Waals surface area contributed by atoms with Crippen LogP contribution >= 0.6 is 8.38 Å². The molecule has 0 saturated carbocycles. The third kappa shape index (κ3) is 5.67. The maximum absolute atomic E-state index is 13.1. The highest BCUT2D eigenvalue weighted by Gasteiger charge is 2.23. The van der Waals surface area contributed by atoms with Crippen molar-refractivity contribution in [2.24, 2.45) is 5.92 Å². The van der Waals surface area contributed by atoms with E-state index in [0.29, 0.717) is 29.0 Å². The normalized spacial score (nSPS) is 14.5. The van der Waals surface area contributed by atoms with Crippen molar-refractivity contribution in [3.05, 3.63) is 47.1 Å². The maximum atomic E-state index is 13.1. The van der Waals surface area contributed by atoms with Gasteiger partial charge in [-0.2, -0.15) is 10.1 Å². The van der Waals surface area contributed by atoms with Gasteiger partial charge in [0.2, 0.25) is 11.8 Å². The molecule has 0 aliphatic carbocycles. The molecule has 1 amide bonds. The summed E-state index contributed by atoms with van der Waals surface area (Å²) in [5.74, 6) is 0.955. The molecule has 0 atom stereocenters. The van der Waals surface area contributed by atoms with Crippen molar-refractivity contribution >= 4 is 36.6 Å². The Labute approximate surface area is 197 Å². The van der Waals surface area contributed by atoms with E-state index in [1.54, 1.807) is 30.7 Å². The molecule has 0 spiro atoms. The second kappa shape index (κ2) is 10.9. The van der Waals surface area contributed by atoms with Gasteiger partial charge in [-0.1, -0.05) is 0 Å². The molecular weight excluding hydrogens is 459 g/mol. The number of nitrogens with zero attached hydrogens (tertiary/aromatic N) is 5. The summed E-state index contributed by atoms with van der Waals surface area (Å²) in [6, 6.07) is 5.12. The number of anilines is 2. The number of ether oxygens (including phenoxy) is 1. The summed E-state index contributed by atoms with van der Waals surface area (Å²) in [5.41, 5.74) is 0.122. The number of rotatable bonds is 8. The number of carbonyl (C=O) groups is 1. The average Bonchev–Trinajstić information content (AvgIpc) is 2.84. The molecule has 0 aromatic carbocycles. The van der Waals surface area contributed by atoms with E-state index in [1.165, 1.54) is 7.11 Å². The number of piperidine rings is 1. The van der Waals surface area contributed by atoms with E-state index in [1.807, 2.05) is 6.07 Å². The Morgan fingerprint density at radius 2 is 2.00 bits per heavy atom. The summed E-state index contributed by atoms with van der Waals surface area (Å²) in [6.07, 6.45) is 7.77. The molecular formula is C22H27N6O5P. The van der Waals surface area contributed by atoms with Gasteiger partial charge in [-0.15, -0.1) is 0 Å². The zero-order chi connectivity index (χ0) is 24.1. The molecule has 1 saturated heterocycles. The average molecular weight is 486 g/mol. The number of amides is 1. The largest absolute Gasteiger partial charge is 0.480 e. The van der Waals surface area contributed by atoms with E-state index >= 15 is 0 Å². The molecule has 4 heterocycles. The lowest BCUT2D eigenvalue weighted by molar-refractivity contribution is -0.117. The highest BCUT2D eigenvalue weighted by Crippen LogP contribution is 2.32. The number of methoxy groups -OCH3 is 1. The first kappa shape index (κ1) is 24.0. The highest BCUT2D eigenvalue weighted by molar-refractivity contribution is 7.45. The van der Waals surface area contributed by atoms with E-state index in [-0.39, 0.29) is 23.7 Å². The van der Waals surface area contributed by atoms with Crippen LogP contribution < -0.4 is 20.5 Å². The zero-order valence-corrected chi connectivity index (χ0v) is 19.7. The molecule has 3 N–H and O–H groups in total. The Hall–Kier alpha value is -3.14. The van der Waals surface area contributed by atoms with Crippen LogP contribution in [0.3, 0.4) is 0 Å². The Balaban J connectivity index is 1.51. The molecule has 0 unspecified atom stereocenters. The summed E-state index contributed by atoms with van der Waals surface area (Å²) in [5, 5.41) is 7.75. The van der Waals surface area contributed by atoms with Crippen molar-refractivity contribution in [1.82, 2.24) is 19.7 Å². The van der Waals surface area contributed by atoms with Gasteiger partial charge in [0.1, 0.15) is 17.7 Å². The predicted molar refractivity (Wildman–Crippen MR) is 129 cm³/mol. The highest BCUT2D eigenvalue weighted by atomic mass is 31.2. The van der Waals surface area contributed by atoms with E-state index in [0.717, 1.165) is 37.0 Å². The minimum Gasteiger partial charge on any atom is -0.480 e. The molecule has 12 heteroatoms. The number of carbonyl (C=O) groups excluding carboxylic acids is 1. The molecule has 0 radical (unpaired) electrons. The molecule has 3 aromatic rings. The van der Waals surface area contributed by atoms with Crippen molar-refractivity contribution in [3.8, 4) is 5.88 Å². The SMILES string of the molecule is COc1nc(N2CCC(CCP(O)O)CC2)cc2cnn(CC(=O)Nc3ccncc3)c(=O)c12. The molecule has 1 aliphatic rings. The second-order valence-electron chi connectivity index (χ2n) is 8.16. The minimum absolute atomic E-state index is 0.191. The first-order chi connectivity index (χ1) is 16.4. The fraction of sp³-hybridized carbons (Fsp3) is 0.409. The fourth-order valence-electron chi connectivity index (χ4n) is 4.10. The van der Waals surface area contributed by atoms with Crippen LogP contribution in [0.5, 0.6) is 5.88 Å². The van der Waals surface area contributed by atoms with Crippen LogP contribution in [0.15, 0.2) is 41.6 Å². The van der Waals surface area contributed by atoms with Crippen LogP contribution in [0.25, 0.3) is 10.8 Å². The molecule has 180 valence electrons. The number of fused-ring (bicyclic) bond motifs is 1. The van der Waals surface area contributed by atoms with Gasteiger partial charge in [0.25, 0.3) is 5.56 Å². The molecule has 0 bridgehead atoms. The van der Waals surface area contributed by atoms with Crippen LogP contribution in [0.1, 0.15) is 19.3 Å². The molecule has 34 heavy (non-hydrogen) atoms. The van der Waals surface area contributed by atoms with Gasteiger partial charge >= 0.3 is 0 Å². The molecule has 1 aliphatic heterocycles. The van der Waals surface area contributed by atoms with Gasteiger partial charge in [0.15, 0.2) is 8.38 Å². The van der Waals surface area contributed by atoms with Gasteiger partial charge < -0.3 is 24.7 Å². The predicted octanol–water partition coefficient (Wildman–Crippen LogP) is 1.74. The van der Waals surface area contributed by atoms with Crippen molar-refractivity contribution in [1.29, 1.82) is 0 Å². The number of hydrogen-bond donors (Lipinski definition) is 3. The smallest absolute Gasteiger partial charge is 0.280 e. The maximum Gasteiger partial charge on any atom is 0.280 e. The van der Waals surface area contributed by atoms with Gasteiger partial charge in [0, 0.05) is 42.7 Å². The topological polar surface area (TPSA) is 143 Å². The van der Waals surface area contributed by atoms with Crippen molar-refractivity contribution in [2.75, 3.05) is 36.6 Å². The number of aromatic nitrogens is 4. The number of nitrogens with one attached hydrogen (secondary N) is 1. The Bertz CT molecular complexity index is 1200. The van der Waals surface area contributed by atoms with Gasteiger partial charge in [-0.3, -0.25) is 14.6 Å². The first-order valence-electron chi connectivity index (χ1n) is 11.0. The third-order valence-electron chi connectivity index (χ3n) is 5.91. The first-order valence-corrected chi connectivity index (χ1v) is 12.4. The summed E-state index contributed by atoms with van der Waals surface area (Å²) in [7, 11) is -0.382. The monoisotopic (exact) mass is 486 g/mol. The molecule has 1 fully saturated rings. The fourth-order valence-corrected chi connectivity index (χ4v) is 4.70. The Morgan fingerprint density at radius 1 is 1.26 bits per heavy atom. The van der Waals surface area contributed by atoms with Gasteiger partial charge in [0.05, 0.1) is 13.3 Å². The van der Waals surface area contributed by atoms with E-state index in [9.17, 15) is 9.59 Å². The Morgan fingerprint density at radius 3 is 2.68 bits per heavy atom. The van der Waals surface area contributed by atoms with Gasteiger partial charge in [-0.25, -0.2) is 4.68 Å². The Kier molecular flexibility index (Phi) is 7.66. The number of pyridine rings is 2. The summed E-state index contributed by atoms with van der Waals surface area (Å²) < 4.78 is 6.53. The van der Waals surface area contributed by atoms with E-state index < -0.39 is 13.9 Å². The zero-order valence-electron chi connectivity index (χ0n) is 18.8. The second-order valence-corrected chi connectivity index (χ2v) is 9.35. The van der Waals surface area contributed by atoms with Crippen molar-refractivity contribution in [2.45, 2.75) is 25.8 Å². The van der Waals surface area contributed by atoms with Crippen LogP contribution in [-0.4, -0.2) is 61.8 Å². The third-order valence-corrected chi connectivity index (χ3v) is 6.57. The summed E-state index contributed by atoms with van der Waals surface area (Å²) in [6.45, 7) is 1.31. The lowest BCUT2D eigenvalue weighted by Crippen LogP contribution is -2.34. The summed E-state index contributed by atoms with van der Waals surface area (Å²) >= 11 is 0. The van der Waals surface area contributed by atoms with Crippen LogP contribution in [-0.2, 0) is 11.3 Å². The van der Waals surface area contributed by atoms with Crippen molar-refractivity contribution in [3.63, 3.8) is 0 Å². The summed E-state index contributed by atoms with van der Waals surface area (Å²) in [4.78, 5) is 54.4. The van der Waals surface area contributed by atoms with Crippen LogP contribution in [0.4, 0.5) is 11.5 Å². The van der Waals surface area contributed by atoms with E-state index in [2.05, 4.69) is 25.3 Å². The lowest BCUT2D eigenvalue weighted by Gasteiger charge is -2.33. The minimum atomic E-state index is -1.84. The quantitative estimate of drug-likeness (QED) is 0.406. The molecule has 11 nitrogen and oxygen atoms in total. The van der Waals surface area contributed by atoms with Crippen LogP contribution in [0.2, 0.25) is 0 Å². The van der Waals surface area contributed by atoms with Gasteiger partial charge in [-0.05, 0) is 43.4 Å². The van der Waals surface area contributed by atoms with E-state index in [4.69, 9.17) is 14.5 Å². The standard InChI is InChI=1S/C22H27N6O5P/c1-33-21-20-16(12-18(26-21)27-9-4-15(5-10-27)6-11-34(31)32)13-24-28(22(20)30)14-19(29)25-17-2-7-23-8-3-17/h2-3,7-8,12-13,15,31-32H,4-6,9-11,14H2,1H3,(H,23,25,29). The van der Waals surface area contributed by atoms with Crippen LogP contribution in [0, 0.1) is 5.92 Å². The van der Waals surface area contributed by atoms with Crippen molar-refractivity contribution < 1.29 is 19.3 Å². The molecule has 3 aromatic heterocycles.